The smallest absolute Gasteiger partial charge is 0.293 e. The molecule has 1 saturated heterocycles. The van der Waals surface area contributed by atoms with E-state index in [9.17, 15) is 14.4 Å². The molecule has 3 amide bonds. The van der Waals surface area contributed by atoms with Gasteiger partial charge in [-0.25, -0.2) is 0 Å². The number of ether oxygens (including phenoxy) is 2. The van der Waals surface area contributed by atoms with Crippen LogP contribution in [0.2, 0.25) is 5.02 Å². The fraction of sp³-hybridized carbons (Fsp3) is 0.150. The van der Waals surface area contributed by atoms with Gasteiger partial charge >= 0.3 is 0 Å². The number of benzene rings is 2. The largest absolute Gasteiger partial charge is 0.493 e. The molecule has 1 fully saturated rings. The number of carbonyl (C=O) groups is 3. The van der Waals surface area contributed by atoms with E-state index in [1.54, 1.807) is 18.2 Å². The Balaban J connectivity index is 1.83. The summed E-state index contributed by atoms with van der Waals surface area (Å²) in [6, 6.07) is 10.7. The van der Waals surface area contributed by atoms with Crippen molar-refractivity contribution in [2.45, 2.75) is 6.54 Å². The van der Waals surface area contributed by atoms with Crippen molar-refractivity contribution in [3.8, 4) is 11.5 Å². The molecule has 1 heterocycles. The average Bonchev–Trinajstić information content (AvgIpc) is 2.95. The molecule has 0 spiro atoms. The number of hydrogen-bond acceptors (Lipinski definition) is 6. The molecule has 1 aliphatic heterocycles. The number of primary amides is 1. The molecule has 0 atom stereocenters. The van der Waals surface area contributed by atoms with Crippen LogP contribution in [0, 0.1) is 3.57 Å². The Hall–Kier alpha value is -2.24. The summed E-state index contributed by atoms with van der Waals surface area (Å²) in [6.07, 6.45) is 1.56. The predicted molar refractivity (Wildman–Crippen MR) is 123 cm³/mol. The Morgan fingerprint density at radius 1 is 1.27 bits per heavy atom. The van der Waals surface area contributed by atoms with Gasteiger partial charge in [-0.2, -0.15) is 0 Å². The number of hydrogen-bond donors (Lipinski definition) is 1. The summed E-state index contributed by atoms with van der Waals surface area (Å²) in [6.45, 7) is -0.157. The van der Waals surface area contributed by atoms with Crippen LogP contribution in [-0.4, -0.2) is 35.7 Å². The summed E-state index contributed by atoms with van der Waals surface area (Å²) >= 11 is 9.29. The van der Waals surface area contributed by atoms with E-state index in [1.165, 1.54) is 12.0 Å². The summed E-state index contributed by atoms with van der Waals surface area (Å²) < 4.78 is 11.6. The van der Waals surface area contributed by atoms with Crippen molar-refractivity contribution in [1.82, 2.24) is 4.90 Å². The van der Waals surface area contributed by atoms with E-state index < -0.39 is 5.91 Å². The van der Waals surface area contributed by atoms with Crippen LogP contribution in [0.25, 0.3) is 6.08 Å². The van der Waals surface area contributed by atoms with Crippen molar-refractivity contribution in [3.63, 3.8) is 0 Å². The normalized spacial score (nSPS) is 15.0. The number of nitrogens with two attached hydrogens (primary N) is 1. The quantitative estimate of drug-likeness (QED) is 0.407. The van der Waals surface area contributed by atoms with Crippen molar-refractivity contribution in [3.05, 3.63) is 61.0 Å². The lowest BCUT2D eigenvalue weighted by Gasteiger charge is -2.13. The zero-order chi connectivity index (χ0) is 21.8. The van der Waals surface area contributed by atoms with E-state index in [-0.39, 0.29) is 45.7 Å². The molecule has 2 aromatic rings. The van der Waals surface area contributed by atoms with Gasteiger partial charge in [0, 0.05) is 3.57 Å². The number of rotatable bonds is 7. The van der Waals surface area contributed by atoms with Crippen molar-refractivity contribution in [2.24, 2.45) is 5.73 Å². The molecule has 10 heteroatoms. The molecular formula is C20H16ClIN2O5S. The Kier molecular flexibility index (Phi) is 7.27. The SMILES string of the molecule is COc1cc(/C=C2\SC(=O)N(Cc3ccc(I)cc3)C2=O)cc(Cl)c1OCC(N)=O. The third kappa shape index (κ3) is 5.27. The van der Waals surface area contributed by atoms with E-state index in [0.717, 1.165) is 20.9 Å². The summed E-state index contributed by atoms with van der Waals surface area (Å²) in [5.41, 5.74) is 6.50. The molecule has 0 aliphatic carbocycles. The van der Waals surface area contributed by atoms with Crippen molar-refractivity contribution >= 4 is 69.1 Å². The van der Waals surface area contributed by atoms with Crippen LogP contribution in [0.3, 0.4) is 0 Å². The molecule has 0 radical (unpaired) electrons. The lowest BCUT2D eigenvalue weighted by atomic mass is 10.1. The highest BCUT2D eigenvalue weighted by Crippen LogP contribution is 2.39. The predicted octanol–water partition coefficient (Wildman–Crippen LogP) is 4.05. The van der Waals surface area contributed by atoms with Crippen LogP contribution >= 0.6 is 46.0 Å². The molecule has 2 N–H and O–H groups in total. The Morgan fingerprint density at radius 3 is 2.60 bits per heavy atom. The number of nitrogens with zero attached hydrogens (tertiary/aromatic N) is 1. The number of amides is 3. The number of halogens is 2. The standard InChI is InChI=1S/C20H16ClIN2O5S/c1-28-15-7-12(6-14(21)18(15)29-10-17(23)25)8-16-19(26)24(20(27)30-16)9-11-2-4-13(22)5-3-11/h2-8H,9-10H2,1H3,(H2,23,25)/b16-8-. The van der Waals surface area contributed by atoms with Gasteiger partial charge in [-0.3, -0.25) is 19.3 Å². The van der Waals surface area contributed by atoms with Gasteiger partial charge in [0.2, 0.25) is 0 Å². The summed E-state index contributed by atoms with van der Waals surface area (Å²) in [5, 5.41) is -0.163. The van der Waals surface area contributed by atoms with Crippen LogP contribution in [0.5, 0.6) is 11.5 Å². The van der Waals surface area contributed by atoms with Gasteiger partial charge < -0.3 is 15.2 Å². The molecule has 3 rings (SSSR count). The van der Waals surface area contributed by atoms with E-state index >= 15 is 0 Å². The van der Waals surface area contributed by atoms with Crippen molar-refractivity contribution in [1.29, 1.82) is 0 Å². The summed E-state index contributed by atoms with van der Waals surface area (Å²) in [4.78, 5) is 37.5. The van der Waals surface area contributed by atoms with Gasteiger partial charge in [0.05, 0.1) is 23.6 Å². The Morgan fingerprint density at radius 2 is 1.97 bits per heavy atom. The molecule has 30 heavy (non-hydrogen) atoms. The second kappa shape index (κ2) is 9.71. The minimum Gasteiger partial charge on any atom is -0.493 e. The first kappa shape index (κ1) is 22.4. The minimum atomic E-state index is -0.654. The zero-order valence-electron chi connectivity index (χ0n) is 15.7. The number of thioether (sulfide) groups is 1. The topological polar surface area (TPSA) is 98.9 Å². The Labute approximate surface area is 195 Å². The first-order valence-corrected chi connectivity index (χ1v) is 10.8. The maximum absolute atomic E-state index is 12.7. The number of methoxy groups -OCH3 is 1. The van der Waals surface area contributed by atoms with Crippen LogP contribution in [0.1, 0.15) is 11.1 Å². The molecule has 0 aromatic heterocycles. The van der Waals surface area contributed by atoms with Crippen LogP contribution in [-0.2, 0) is 16.1 Å². The van der Waals surface area contributed by atoms with Gasteiger partial charge in [0.25, 0.3) is 17.1 Å². The maximum atomic E-state index is 12.7. The molecule has 2 aromatic carbocycles. The lowest BCUT2D eigenvalue weighted by Crippen LogP contribution is -2.27. The van der Waals surface area contributed by atoms with Gasteiger partial charge in [-0.05, 0) is 75.8 Å². The van der Waals surface area contributed by atoms with E-state index in [1.807, 2.05) is 24.3 Å². The van der Waals surface area contributed by atoms with E-state index in [4.69, 9.17) is 26.8 Å². The van der Waals surface area contributed by atoms with Crippen molar-refractivity contribution < 1.29 is 23.9 Å². The molecule has 156 valence electrons. The highest BCUT2D eigenvalue weighted by Gasteiger charge is 2.35. The highest BCUT2D eigenvalue weighted by atomic mass is 127. The lowest BCUT2D eigenvalue weighted by molar-refractivity contribution is -0.123. The van der Waals surface area contributed by atoms with Gasteiger partial charge in [-0.15, -0.1) is 0 Å². The second-order valence-electron chi connectivity index (χ2n) is 6.18. The van der Waals surface area contributed by atoms with Crippen LogP contribution in [0.15, 0.2) is 41.3 Å². The molecule has 0 bridgehead atoms. The van der Waals surface area contributed by atoms with Gasteiger partial charge in [0.1, 0.15) is 0 Å². The highest BCUT2D eigenvalue weighted by molar-refractivity contribution is 14.1. The summed E-state index contributed by atoms with van der Waals surface area (Å²) in [7, 11) is 1.42. The first-order valence-electron chi connectivity index (χ1n) is 8.57. The van der Waals surface area contributed by atoms with Gasteiger partial charge in [0.15, 0.2) is 18.1 Å². The maximum Gasteiger partial charge on any atom is 0.293 e. The molecule has 0 unspecified atom stereocenters. The fourth-order valence-corrected chi connectivity index (χ4v) is 4.14. The Bertz CT molecular complexity index is 1040. The average molecular weight is 559 g/mol. The third-order valence-corrected chi connectivity index (χ3v) is 5.94. The van der Waals surface area contributed by atoms with E-state index in [2.05, 4.69) is 22.6 Å². The first-order chi connectivity index (χ1) is 14.3. The monoisotopic (exact) mass is 558 g/mol. The van der Waals surface area contributed by atoms with E-state index in [0.29, 0.717) is 5.56 Å². The zero-order valence-corrected chi connectivity index (χ0v) is 19.4. The second-order valence-corrected chi connectivity index (χ2v) is 8.83. The van der Waals surface area contributed by atoms with Gasteiger partial charge in [-0.1, -0.05) is 23.7 Å². The number of carbonyl (C=O) groups excluding carboxylic acids is 3. The molecule has 0 saturated carbocycles. The van der Waals surface area contributed by atoms with Crippen LogP contribution < -0.4 is 15.2 Å². The number of imide groups is 1. The fourth-order valence-electron chi connectivity index (χ4n) is 2.67. The van der Waals surface area contributed by atoms with Crippen molar-refractivity contribution in [2.75, 3.05) is 13.7 Å². The summed E-state index contributed by atoms with van der Waals surface area (Å²) in [5.74, 6) is -0.596. The van der Waals surface area contributed by atoms with Crippen LogP contribution in [0.4, 0.5) is 4.79 Å². The third-order valence-electron chi connectivity index (χ3n) is 4.04. The molecule has 7 nitrogen and oxygen atoms in total. The minimum absolute atomic E-state index is 0.168. The molecular weight excluding hydrogens is 543 g/mol. The molecule has 1 aliphatic rings.